The van der Waals surface area contributed by atoms with Crippen molar-refractivity contribution in [2.45, 2.75) is 39.5 Å². The molecule has 0 heterocycles. The van der Waals surface area contributed by atoms with Gasteiger partial charge in [-0.3, -0.25) is 4.79 Å². The molecule has 0 bridgehead atoms. The second-order valence-corrected chi connectivity index (χ2v) is 5.29. The molecule has 2 heteroatoms. The van der Waals surface area contributed by atoms with E-state index in [1.54, 1.807) is 6.07 Å². The van der Waals surface area contributed by atoms with Crippen LogP contribution in [0.3, 0.4) is 0 Å². The SMILES string of the molecule is Cc1cc(F)ccc1C(=O)C1CCCC(C)C1. The van der Waals surface area contributed by atoms with Crippen molar-refractivity contribution in [3.8, 4) is 0 Å². The van der Waals surface area contributed by atoms with Crippen LogP contribution in [0.4, 0.5) is 4.39 Å². The average Bonchev–Trinajstić information content (AvgIpc) is 2.28. The Bertz CT molecular complexity index is 425. The minimum atomic E-state index is -0.268. The number of rotatable bonds is 2. The molecule has 0 aliphatic heterocycles. The van der Waals surface area contributed by atoms with Gasteiger partial charge in [-0.15, -0.1) is 0 Å². The van der Waals surface area contributed by atoms with Gasteiger partial charge in [0.05, 0.1) is 0 Å². The summed E-state index contributed by atoms with van der Waals surface area (Å²) in [5.41, 5.74) is 1.46. The predicted molar refractivity (Wildman–Crippen MR) is 66.6 cm³/mol. The summed E-state index contributed by atoms with van der Waals surface area (Å²) in [6.45, 7) is 4.01. The van der Waals surface area contributed by atoms with E-state index in [1.165, 1.54) is 18.6 Å². The number of Topliss-reactive ketones (excluding diaryl/α,β-unsaturated/α-hetero) is 1. The minimum Gasteiger partial charge on any atom is -0.294 e. The number of carbonyl (C=O) groups is 1. The summed E-state index contributed by atoms with van der Waals surface area (Å²) < 4.78 is 13.0. The summed E-state index contributed by atoms with van der Waals surface area (Å²) in [6.07, 6.45) is 4.33. The lowest BCUT2D eigenvalue weighted by Crippen LogP contribution is -2.22. The highest BCUT2D eigenvalue weighted by Crippen LogP contribution is 2.31. The molecule has 0 spiro atoms. The van der Waals surface area contributed by atoms with Crippen molar-refractivity contribution in [3.63, 3.8) is 0 Å². The third kappa shape index (κ3) is 2.74. The van der Waals surface area contributed by atoms with Gasteiger partial charge in [-0.05, 0) is 49.4 Å². The van der Waals surface area contributed by atoms with Gasteiger partial charge in [-0.25, -0.2) is 4.39 Å². The molecule has 0 amide bonds. The Morgan fingerprint density at radius 2 is 2.12 bits per heavy atom. The molecule has 1 aliphatic rings. The Hall–Kier alpha value is -1.18. The third-order valence-electron chi connectivity index (χ3n) is 3.76. The lowest BCUT2D eigenvalue weighted by molar-refractivity contribution is 0.0867. The Morgan fingerprint density at radius 3 is 2.76 bits per heavy atom. The zero-order valence-corrected chi connectivity index (χ0v) is 10.5. The first-order valence-corrected chi connectivity index (χ1v) is 6.38. The first kappa shape index (κ1) is 12.3. The molecule has 92 valence electrons. The van der Waals surface area contributed by atoms with Crippen LogP contribution in [0.25, 0.3) is 0 Å². The highest BCUT2D eigenvalue weighted by Gasteiger charge is 2.26. The topological polar surface area (TPSA) is 17.1 Å². The van der Waals surface area contributed by atoms with Gasteiger partial charge in [0, 0.05) is 11.5 Å². The number of aryl methyl sites for hydroxylation is 1. The van der Waals surface area contributed by atoms with Crippen LogP contribution in [0.15, 0.2) is 18.2 Å². The summed E-state index contributed by atoms with van der Waals surface area (Å²) >= 11 is 0. The number of benzene rings is 1. The van der Waals surface area contributed by atoms with E-state index >= 15 is 0 Å². The fourth-order valence-electron chi connectivity index (χ4n) is 2.80. The smallest absolute Gasteiger partial charge is 0.166 e. The van der Waals surface area contributed by atoms with Crippen molar-refractivity contribution in [1.82, 2.24) is 0 Å². The highest BCUT2D eigenvalue weighted by molar-refractivity contribution is 5.99. The summed E-state index contributed by atoms with van der Waals surface area (Å²) in [5, 5.41) is 0. The fourth-order valence-corrected chi connectivity index (χ4v) is 2.80. The zero-order valence-electron chi connectivity index (χ0n) is 10.5. The molecule has 1 aromatic carbocycles. The molecular formula is C15H19FO. The molecule has 0 N–H and O–H groups in total. The average molecular weight is 234 g/mol. The maximum atomic E-state index is 13.0. The van der Waals surface area contributed by atoms with Crippen molar-refractivity contribution < 1.29 is 9.18 Å². The fraction of sp³-hybridized carbons (Fsp3) is 0.533. The van der Waals surface area contributed by atoms with Crippen molar-refractivity contribution in [3.05, 3.63) is 35.1 Å². The van der Waals surface area contributed by atoms with E-state index in [1.807, 2.05) is 6.92 Å². The maximum absolute atomic E-state index is 13.0. The minimum absolute atomic E-state index is 0.142. The van der Waals surface area contributed by atoms with Gasteiger partial charge < -0.3 is 0 Å². The Labute approximate surface area is 102 Å². The molecule has 2 unspecified atom stereocenters. The number of ketones is 1. The Balaban J connectivity index is 2.18. The standard InChI is InChI=1S/C15H19FO/c1-10-4-3-5-12(8-10)15(17)14-7-6-13(16)9-11(14)2/h6-7,9-10,12H,3-5,8H2,1-2H3. The van der Waals surface area contributed by atoms with E-state index in [2.05, 4.69) is 6.92 Å². The lowest BCUT2D eigenvalue weighted by atomic mass is 9.78. The molecule has 0 saturated heterocycles. The Morgan fingerprint density at radius 1 is 1.35 bits per heavy atom. The molecule has 0 aromatic heterocycles. The van der Waals surface area contributed by atoms with Crippen molar-refractivity contribution >= 4 is 5.78 Å². The number of hydrogen-bond donors (Lipinski definition) is 0. The zero-order chi connectivity index (χ0) is 12.4. The van der Waals surface area contributed by atoms with Crippen molar-refractivity contribution in [2.24, 2.45) is 11.8 Å². The van der Waals surface area contributed by atoms with E-state index in [-0.39, 0.29) is 17.5 Å². The first-order chi connectivity index (χ1) is 8.08. The van der Waals surface area contributed by atoms with Gasteiger partial charge in [0.15, 0.2) is 5.78 Å². The molecule has 1 aliphatic carbocycles. The number of hydrogen-bond acceptors (Lipinski definition) is 1. The van der Waals surface area contributed by atoms with Crippen LogP contribution in [-0.2, 0) is 0 Å². The van der Waals surface area contributed by atoms with Gasteiger partial charge in [-0.2, -0.15) is 0 Å². The lowest BCUT2D eigenvalue weighted by Gasteiger charge is -2.26. The molecule has 1 saturated carbocycles. The molecule has 17 heavy (non-hydrogen) atoms. The largest absolute Gasteiger partial charge is 0.294 e. The third-order valence-corrected chi connectivity index (χ3v) is 3.76. The quantitative estimate of drug-likeness (QED) is 0.703. The summed E-state index contributed by atoms with van der Waals surface area (Å²) in [7, 11) is 0. The van der Waals surface area contributed by atoms with Crippen LogP contribution in [-0.4, -0.2) is 5.78 Å². The summed E-state index contributed by atoms with van der Waals surface area (Å²) in [4.78, 5) is 12.4. The highest BCUT2D eigenvalue weighted by atomic mass is 19.1. The van der Waals surface area contributed by atoms with Crippen LogP contribution in [0.5, 0.6) is 0 Å². The second-order valence-electron chi connectivity index (χ2n) is 5.29. The molecular weight excluding hydrogens is 215 g/mol. The van der Waals surface area contributed by atoms with E-state index in [0.29, 0.717) is 11.5 Å². The molecule has 1 aromatic rings. The van der Waals surface area contributed by atoms with E-state index < -0.39 is 0 Å². The summed E-state index contributed by atoms with van der Waals surface area (Å²) in [6, 6.07) is 4.46. The first-order valence-electron chi connectivity index (χ1n) is 6.38. The van der Waals surface area contributed by atoms with Gasteiger partial charge in [0.2, 0.25) is 0 Å². The maximum Gasteiger partial charge on any atom is 0.166 e. The van der Waals surface area contributed by atoms with Gasteiger partial charge in [0.25, 0.3) is 0 Å². The van der Waals surface area contributed by atoms with Gasteiger partial charge in [-0.1, -0.05) is 19.8 Å². The van der Waals surface area contributed by atoms with Crippen LogP contribution >= 0.6 is 0 Å². The van der Waals surface area contributed by atoms with Crippen LogP contribution in [0.1, 0.15) is 48.5 Å². The molecule has 1 fully saturated rings. The molecule has 2 atom stereocenters. The van der Waals surface area contributed by atoms with Gasteiger partial charge >= 0.3 is 0 Å². The summed E-state index contributed by atoms with van der Waals surface area (Å²) in [5.74, 6) is 0.714. The van der Waals surface area contributed by atoms with Crippen LogP contribution in [0.2, 0.25) is 0 Å². The second kappa shape index (κ2) is 4.99. The molecule has 0 radical (unpaired) electrons. The van der Waals surface area contributed by atoms with E-state index in [4.69, 9.17) is 0 Å². The molecule has 1 nitrogen and oxygen atoms in total. The monoisotopic (exact) mass is 234 g/mol. The number of carbonyl (C=O) groups excluding carboxylic acids is 1. The molecule has 2 rings (SSSR count). The van der Waals surface area contributed by atoms with E-state index in [9.17, 15) is 9.18 Å². The van der Waals surface area contributed by atoms with Crippen molar-refractivity contribution in [2.75, 3.05) is 0 Å². The Kier molecular flexibility index (Phi) is 3.60. The van der Waals surface area contributed by atoms with Gasteiger partial charge in [0.1, 0.15) is 5.82 Å². The van der Waals surface area contributed by atoms with Crippen molar-refractivity contribution in [1.29, 1.82) is 0 Å². The van der Waals surface area contributed by atoms with Crippen LogP contribution < -0.4 is 0 Å². The van der Waals surface area contributed by atoms with Crippen LogP contribution in [0, 0.1) is 24.6 Å². The normalized spacial score (nSPS) is 24.6. The predicted octanol–water partition coefficient (Wildman–Crippen LogP) is 4.14. The number of halogens is 1. The van der Waals surface area contributed by atoms with E-state index in [0.717, 1.165) is 24.8 Å².